The fourth-order valence-electron chi connectivity index (χ4n) is 1.34. The molecule has 0 bridgehead atoms. The van der Waals surface area contributed by atoms with Crippen LogP contribution in [-0.2, 0) is 13.8 Å². The molecule has 0 heterocycles. The second kappa shape index (κ2) is 6.24. The highest BCUT2D eigenvalue weighted by atomic mass is 79.9. The lowest BCUT2D eigenvalue weighted by atomic mass is 9.97. The largest absolute Gasteiger partial charge is 0.326 e. The van der Waals surface area contributed by atoms with Crippen molar-refractivity contribution in [2.24, 2.45) is 11.8 Å². The van der Waals surface area contributed by atoms with Gasteiger partial charge in [-0.25, -0.2) is 8.42 Å². The lowest BCUT2D eigenvalue weighted by Gasteiger charge is -2.15. The molecule has 0 saturated heterocycles. The minimum atomic E-state index is -3.80. The van der Waals surface area contributed by atoms with E-state index in [1.165, 1.54) is 18.2 Å². The molecule has 0 aromatic heterocycles. The van der Waals surface area contributed by atoms with E-state index in [1.54, 1.807) is 0 Å². The van der Waals surface area contributed by atoms with Crippen molar-refractivity contribution in [1.82, 2.24) is 0 Å². The molecule has 1 N–H and O–H groups in total. The quantitative estimate of drug-likeness (QED) is 0.826. The van der Waals surface area contributed by atoms with Crippen molar-refractivity contribution < 1.29 is 13.2 Å². The first-order chi connectivity index (χ1) is 8.62. The number of rotatable bonds is 4. The Labute approximate surface area is 126 Å². The summed E-state index contributed by atoms with van der Waals surface area (Å²) in [4.78, 5) is 11.9. The van der Waals surface area contributed by atoms with Gasteiger partial charge in [0.05, 0.1) is 4.90 Å². The van der Waals surface area contributed by atoms with Crippen molar-refractivity contribution >= 4 is 47.3 Å². The maximum absolute atomic E-state index is 11.9. The normalized spacial score (nSPS) is 13.4. The third-order valence-electron chi connectivity index (χ3n) is 2.88. The summed E-state index contributed by atoms with van der Waals surface area (Å²) >= 11 is 3.12. The molecular weight excluding hydrogens is 354 g/mol. The van der Waals surface area contributed by atoms with Crippen LogP contribution in [0.3, 0.4) is 0 Å². The van der Waals surface area contributed by atoms with E-state index in [9.17, 15) is 13.2 Å². The van der Waals surface area contributed by atoms with E-state index in [-0.39, 0.29) is 22.6 Å². The van der Waals surface area contributed by atoms with Crippen LogP contribution in [0.1, 0.15) is 20.8 Å². The highest BCUT2D eigenvalue weighted by Crippen LogP contribution is 2.28. The van der Waals surface area contributed by atoms with Crippen molar-refractivity contribution in [3.05, 3.63) is 22.7 Å². The fraction of sp³-hybridized carbons (Fsp3) is 0.417. The highest BCUT2D eigenvalue weighted by Gasteiger charge is 2.18. The van der Waals surface area contributed by atoms with E-state index in [0.29, 0.717) is 10.2 Å². The molecule has 1 atom stereocenters. The molecule has 0 fully saturated rings. The first-order valence-corrected chi connectivity index (χ1v) is 8.78. The average Bonchev–Trinajstić information content (AvgIpc) is 2.25. The molecule has 0 aliphatic rings. The highest BCUT2D eigenvalue weighted by molar-refractivity contribution is 9.10. The smallest absolute Gasteiger partial charge is 0.262 e. The average molecular weight is 369 g/mol. The van der Waals surface area contributed by atoms with Crippen molar-refractivity contribution in [2.75, 3.05) is 5.32 Å². The molecule has 0 aliphatic heterocycles. The van der Waals surface area contributed by atoms with E-state index in [0.717, 1.165) is 0 Å². The molecule has 106 valence electrons. The van der Waals surface area contributed by atoms with Crippen molar-refractivity contribution in [1.29, 1.82) is 0 Å². The first-order valence-electron chi connectivity index (χ1n) is 5.68. The van der Waals surface area contributed by atoms with Gasteiger partial charge in [0, 0.05) is 26.8 Å². The summed E-state index contributed by atoms with van der Waals surface area (Å²) in [5.74, 6) is -0.00970. The van der Waals surface area contributed by atoms with Crippen LogP contribution in [0.5, 0.6) is 0 Å². The monoisotopic (exact) mass is 367 g/mol. The number of hydrogen-bond acceptors (Lipinski definition) is 3. The van der Waals surface area contributed by atoms with Crippen molar-refractivity contribution in [3.63, 3.8) is 0 Å². The lowest BCUT2D eigenvalue weighted by molar-refractivity contribution is -0.120. The van der Waals surface area contributed by atoms with Crippen LogP contribution in [0.25, 0.3) is 0 Å². The zero-order valence-electron chi connectivity index (χ0n) is 10.8. The molecule has 1 unspecified atom stereocenters. The van der Waals surface area contributed by atoms with Crippen molar-refractivity contribution in [2.45, 2.75) is 25.7 Å². The first kappa shape index (κ1) is 16.5. The van der Waals surface area contributed by atoms with Gasteiger partial charge in [0.25, 0.3) is 9.05 Å². The molecule has 7 heteroatoms. The number of halogens is 2. The molecule has 1 rings (SSSR count). The Balaban J connectivity index is 2.95. The number of amides is 1. The number of hydrogen-bond donors (Lipinski definition) is 1. The van der Waals surface area contributed by atoms with E-state index >= 15 is 0 Å². The molecule has 0 radical (unpaired) electrons. The standard InChI is InChI=1S/C12H15BrClNO3S/c1-7(2)8(3)12(16)15-9-4-5-11(10(13)6-9)19(14,17)18/h4-8H,1-3H3,(H,15,16). The Bertz CT molecular complexity index is 587. The van der Waals surface area contributed by atoms with Gasteiger partial charge in [0.2, 0.25) is 5.91 Å². The van der Waals surface area contributed by atoms with Crippen LogP contribution in [0.2, 0.25) is 0 Å². The van der Waals surface area contributed by atoms with Crippen LogP contribution < -0.4 is 5.32 Å². The summed E-state index contributed by atoms with van der Waals surface area (Å²) in [6.07, 6.45) is 0. The third-order valence-corrected chi connectivity index (χ3v) is 5.17. The zero-order chi connectivity index (χ0) is 14.8. The van der Waals surface area contributed by atoms with Gasteiger partial charge >= 0.3 is 0 Å². The Kier molecular flexibility index (Phi) is 5.41. The SMILES string of the molecule is CC(C)C(C)C(=O)Nc1ccc(S(=O)(=O)Cl)c(Br)c1. The number of nitrogens with one attached hydrogen (secondary N) is 1. The summed E-state index contributed by atoms with van der Waals surface area (Å²) in [6.45, 7) is 5.76. The Morgan fingerprint density at radius 1 is 1.32 bits per heavy atom. The predicted octanol–water partition coefficient (Wildman–Crippen LogP) is 3.61. The number of benzene rings is 1. The van der Waals surface area contributed by atoms with Gasteiger partial charge in [-0.15, -0.1) is 0 Å². The van der Waals surface area contributed by atoms with Crippen LogP contribution >= 0.6 is 26.6 Å². The molecule has 0 aliphatic carbocycles. The Morgan fingerprint density at radius 2 is 1.89 bits per heavy atom. The minimum absolute atomic E-state index is 0.0240. The maximum Gasteiger partial charge on any atom is 0.262 e. The second-order valence-electron chi connectivity index (χ2n) is 4.60. The van der Waals surface area contributed by atoms with Gasteiger partial charge in [0.1, 0.15) is 0 Å². The van der Waals surface area contributed by atoms with Crippen molar-refractivity contribution in [3.8, 4) is 0 Å². The van der Waals surface area contributed by atoms with E-state index in [2.05, 4.69) is 21.2 Å². The minimum Gasteiger partial charge on any atom is -0.326 e. The van der Waals surface area contributed by atoms with Gasteiger partial charge in [-0.1, -0.05) is 20.8 Å². The number of carbonyl (C=O) groups is 1. The predicted molar refractivity (Wildman–Crippen MR) is 79.8 cm³/mol. The van der Waals surface area contributed by atoms with Gasteiger partial charge in [0.15, 0.2) is 0 Å². The summed E-state index contributed by atoms with van der Waals surface area (Å²) < 4.78 is 22.8. The fourth-order valence-corrected chi connectivity index (χ4v) is 3.56. The summed E-state index contributed by atoms with van der Waals surface area (Å²) in [5.41, 5.74) is 0.522. The maximum atomic E-state index is 11.9. The van der Waals surface area contributed by atoms with Crippen LogP contribution in [-0.4, -0.2) is 14.3 Å². The molecule has 4 nitrogen and oxygen atoms in total. The van der Waals surface area contributed by atoms with Gasteiger partial charge in [-0.05, 0) is 40.0 Å². The summed E-state index contributed by atoms with van der Waals surface area (Å²) in [7, 11) is 1.47. The molecule has 19 heavy (non-hydrogen) atoms. The molecule has 1 aromatic rings. The van der Waals surface area contributed by atoms with Gasteiger partial charge in [-0.3, -0.25) is 4.79 Å². The van der Waals surface area contributed by atoms with Crippen LogP contribution in [0, 0.1) is 11.8 Å². The molecule has 0 spiro atoms. The lowest BCUT2D eigenvalue weighted by Crippen LogP contribution is -2.24. The Hall–Kier alpha value is -0.590. The van der Waals surface area contributed by atoms with Gasteiger partial charge < -0.3 is 5.32 Å². The molecule has 1 aromatic carbocycles. The van der Waals surface area contributed by atoms with Crippen LogP contribution in [0.4, 0.5) is 5.69 Å². The summed E-state index contributed by atoms with van der Waals surface area (Å²) in [6, 6.07) is 4.37. The zero-order valence-corrected chi connectivity index (χ0v) is 13.9. The van der Waals surface area contributed by atoms with E-state index in [1.807, 2.05) is 20.8 Å². The molecule has 0 saturated carbocycles. The summed E-state index contributed by atoms with van der Waals surface area (Å²) in [5, 5.41) is 2.74. The number of anilines is 1. The third kappa shape index (κ3) is 4.47. The second-order valence-corrected chi connectivity index (χ2v) is 7.99. The Morgan fingerprint density at radius 3 is 2.32 bits per heavy atom. The van der Waals surface area contributed by atoms with Gasteiger partial charge in [-0.2, -0.15) is 0 Å². The van der Waals surface area contributed by atoms with E-state index < -0.39 is 9.05 Å². The van der Waals surface area contributed by atoms with Crippen LogP contribution in [0.15, 0.2) is 27.6 Å². The number of carbonyl (C=O) groups excluding carboxylic acids is 1. The molecule has 1 amide bonds. The molecular formula is C12H15BrClNO3S. The van der Waals surface area contributed by atoms with E-state index in [4.69, 9.17) is 10.7 Å². The topological polar surface area (TPSA) is 63.2 Å².